The van der Waals surface area contributed by atoms with Gasteiger partial charge in [-0.25, -0.2) is 0 Å². The Labute approximate surface area is 117 Å². The lowest BCUT2D eigenvalue weighted by molar-refractivity contribution is 0.149. The van der Waals surface area contributed by atoms with Crippen molar-refractivity contribution < 1.29 is 0 Å². The summed E-state index contributed by atoms with van der Waals surface area (Å²) in [4.78, 5) is 2.60. The molecule has 1 aromatic rings. The normalized spacial score (nSPS) is 24.1. The van der Waals surface area contributed by atoms with Crippen LogP contribution < -0.4 is 5.73 Å². The van der Waals surface area contributed by atoms with Crippen LogP contribution in [-0.4, -0.2) is 33.3 Å². The summed E-state index contributed by atoms with van der Waals surface area (Å²) in [5, 5.41) is 4.54. The van der Waals surface area contributed by atoms with Gasteiger partial charge in [0.2, 0.25) is 0 Å². The van der Waals surface area contributed by atoms with Gasteiger partial charge in [-0.15, -0.1) is 0 Å². The van der Waals surface area contributed by atoms with Crippen molar-refractivity contribution in [2.24, 2.45) is 12.8 Å². The van der Waals surface area contributed by atoms with Gasteiger partial charge in [-0.2, -0.15) is 5.10 Å². The van der Waals surface area contributed by atoms with E-state index in [1.807, 2.05) is 11.7 Å². The van der Waals surface area contributed by atoms with Gasteiger partial charge < -0.3 is 5.73 Å². The van der Waals surface area contributed by atoms with Crippen molar-refractivity contribution >= 4 is 0 Å². The summed E-state index contributed by atoms with van der Waals surface area (Å²) in [6.07, 6.45) is 8.04. The fraction of sp³-hybridized carbons (Fsp3) is 0.800. The maximum absolute atomic E-state index is 6.01. The fourth-order valence-electron chi connectivity index (χ4n) is 3.20. The molecule has 4 heteroatoms. The molecule has 0 radical (unpaired) electrons. The average Bonchev–Trinajstić information content (AvgIpc) is 2.77. The molecule has 0 spiro atoms. The lowest BCUT2D eigenvalue weighted by Crippen LogP contribution is -2.40. The summed E-state index contributed by atoms with van der Waals surface area (Å²) in [6, 6.07) is 1.13. The molecular formula is C15H28N4. The van der Waals surface area contributed by atoms with Gasteiger partial charge >= 0.3 is 0 Å². The molecule has 19 heavy (non-hydrogen) atoms. The predicted octanol–water partition coefficient (Wildman–Crippen LogP) is 2.07. The molecule has 1 saturated carbocycles. The van der Waals surface area contributed by atoms with E-state index in [-0.39, 0.29) is 0 Å². The van der Waals surface area contributed by atoms with Crippen LogP contribution in [0.2, 0.25) is 0 Å². The molecule has 1 aliphatic rings. The molecule has 0 amide bonds. The summed E-state index contributed by atoms with van der Waals surface area (Å²) in [7, 11) is 2.01. The van der Waals surface area contributed by atoms with Crippen molar-refractivity contribution in [3.63, 3.8) is 0 Å². The number of nitrogens with two attached hydrogens (primary N) is 1. The van der Waals surface area contributed by atoms with Gasteiger partial charge in [-0.05, 0) is 38.6 Å². The van der Waals surface area contributed by atoms with E-state index < -0.39 is 0 Å². The molecule has 2 N–H and O–H groups in total. The van der Waals surface area contributed by atoms with Crippen molar-refractivity contribution in [1.82, 2.24) is 14.7 Å². The highest BCUT2D eigenvalue weighted by Crippen LogP contribution is 2.24. The van der Waals surface area contributed by atoms with E-state index in [1.54, 1.807) is 0 Å². The minimum atomic E-state index is 0.430. The predicted molar refractivity (Wildman–Crippen MR) is 78.9 cm³/mol. The molecule has 0 bridgehead atoms. The van der Waals surface area contributed by atoms with Gasteiger partial charge in [0.25, 0.3) is 0 Å². The van der Waals surface area contributed by atoms with E-state index in [2.05, 4.69) is 30.0 Å². The van der Waals surface area contributed by atoms with Gasteiger partial charge in [0.1, 0.15) is 0 Å². The van der Waals surface area contributed by atoms with Crippen LogP contribution in [0.25, 0.3) is 0 Å². The third-order valence-corrected chi connectivity index (χ3v) is 4.36. The van der Waals surface area contributed by atoms with Crippen molar-refractivity contribution in [2.75, 3.05) is 6.54 Å². The smallest absolute Gasteiger partial charge is 0.0666 e. The Morgan fingerprint density at radius 3 is 2.58 bits per heavy atom. The number of rotatable bonds is 5. The molecule has 2 rings (SSSR count). The maximum Gasteiger partial charge on any atom is 0.0666 e. The SMILES string of the molecule is CCc1nn(C)cc1CN(CC)C1CCC(N)CC1. The first-order valence-electron chi connectivity index (χ1n) is 7.65. The zero-order chi connectivity index (χ0) is 13.8. The second kappa shape index (κ2) is 6.53. The summed E-state index contributed by atoms with van der Waals surface area (Å²) in [6.45, 7) is 6.59. The largest absolute Gasteiger partial charge is 0.328 e. The van der Waals surface area contributed by atoms with Crippen molar-refractivity contribution in [2.45, 2.75) is 64.6 Å². The molecule has 0 aromatic carbocycles. The lowest BCUT2D eigenvalue weighted by atomic mass is 9.90. The highest BCUT2D eigenvalue weighted by molar-refractivity contribution is 5.17. The number of hydrogen-bond acceptors (Lipinski definition) is 3. The first-order chi connectivity index (χ1) is 9.13. The van der Waals surface area contributed by atoms with Crippen LogP contribution in [0.1, 0.15) is 50.8 Å². The minimum absolute atomic E-state index is 0.430. The molecule has 1 fully saturated rings. The van der Waals surface area contributed by atoms with Crippen LogP contribution in [0.3, 0.4) is 0 Å². The Hall–Kier alpha value is -0.870. The number of aryl methyl sites for hydroxylation is 2. The molecule has 1 aliphatic carbocycles. The highest BCUT2D eigenvalue weighted by atomic mass is 15.3. The van der Waals surface area contributed by atoms with Crippen LogP contribution in [-0.2, 0) is 20.0 Å². The van der Waals surface area contributed by atoms with Gasteiger partial charge in [0.05, 0.1) is 5.69 Å². The zero-order valence-electron chi connectivity index (χ0n) is 12.6. The molecular weight excluding hydrogens is 236 g/mol. The van der Waals surface area contributed by atoms with E-state index in [0.717, 1.165) is 19.5 Å². The first kappa shape index (κ1) is 14.5. The average molecular weight is 264 g/mol. The van der Waals surface area contributed by atoms with E-state index in [0.29, 0.717) is 12.1 Å². The van der Waals surface area contributed by atoms with Crippen molar-refractivity contribution in [1.29, 1.82) is 0 Å². The first-order valence-corrected chi connectivity index (χ1v) is 7.65. The standard InChI is InChI=1S/C15H28N4/c1-4-15-12(10-18(3)17-15)11-19(5-2)14-8-6-13(16)7-9-14/h10,13-14H,4-9,11,16H2,1-3H3. The summed E-state index contributed by atoms with van der Waals surface area (Å²) in [5.74, 6) is 0. The monoisotopic (exact) mass is 264 g/mol. The van der Waals surface area contributed by atoms with E-state index >= 15 is 0 Å². The fourth-order valence-corrected chi connectivity index (χ4v) is 3.20. The Bertz CT molecular complexity index is 391. The summed E-state index contributed by atoms with van der Waals surface area (Å²) >= 11 is 0. The Balaban J connectivity index is 2.02. The summed E-state index contributed by atoms with van der Waals surface area (Å²) < 4.78 is 1.94. The minimum Gasteiger partial charge on any atom is -0.328 e. The topological polar surface area (TPSA) is 47.1 Å². The van der Waals surface area contributed by atoms with Crippen molar-refractivity contribution in [3.8, 4) is 0 Å². The maximum atomic E-state index is 6.01. The lowest BCUT2D eigenvalue weighted by Gasteiger charge is -2.35. The van der Waals surface area contributed by atoms with Crippen LogP contribution in [0.15, 0.2) is 6.20 Å². The molecule has 108 valence electrons. The third kappa shape index (κ3) is 3.57. The van der Waals surface area contributed by atoms with E-state index in [4.69, 9.17) is 5.73 Å². The number of aromatic nitrogens is 2. The van der Waals surface area contributed by atoms with E-state index in [1.165, 1.54) is 36.9 Å². The van der Waals surface area contributed by atoms with Gasteiger partial charge in [-0.3, -0.25) is 9.58 Å². The second-order valence-electron chi connectivity index (χ2n) is 5.76. The van der Waals surface area contributed by atoms with Gasteiger partial charge in [0, 0.05) is 37.4 Å². The molecule has 0 saturated heterocycles. The molecule has 0 atom stereocenters. The Morgan fingerprint density at radius 2 is 2.00 bits per heavy atom. The van der Waals surface area contributed by atoms with E-state index in [9.17, 15) is 0 Å². The summed E-state index contributed by atoms with van der Waals surface area (Å²) in [5.41, 5.74) is 8.64. The Morgan fingerprint density at radius 1 is 1.32 bits per heavy atom. The molecule has 0 aliphatic heterocycles. The van der Waals surface area contributed by atoms with Gasteiger partial charge in [-0.1, -0.05) is 13.8 Å². The number of hydrogen-bond donors (Lipinski definition) is 1. The number of nitrogens with zero attached hydrogens (tertiary/aromatic N) is 3. The molecule has 0 unspecified atom stereocenters. The Kier molecular flexibility index (Phi) is 4.99. The molecule has 1 heterocycles. The molecule has 4 nitrogen and oxygen atoms in total. The van der Waals surface area contributed by atoms with Crippen LogP contribution in [0.5, 0.6) is 0 Å². The quantitative estimate of drug-likeness (QED) is 0.885. The van der Waals surface area contributed by atoms with Crippen LogP contribution in [0.4, 0.5) is 0 Å². The molecule has 1 aromatic heterocycles. The van der Waals surface area contributed by atoms with Crippen molar-refractivity contribution in [3.05, 3.63) is 17.5 Å². The third-order valence-electron chi connectivity index (χ3n) is 4.36. The second-order valence-corrected chi connectivity index (χ2v) is 5.76. The zero-order valence-corrected chi connectivity index (χ0v) is 12.6. The van der Waals surface area contributed by atoms with Gasteiger partial charge in [0.15, 0.2) is 0 Å². The highest BCUT2D eigenvalue weighted by Gasteiger charge is 2.24. The van der Waals surface area contributed by atoms with Crippen LogP contribution in [0, 0.1) is 0 Å². The van der Waals surface area contributed by atoms with Crippen LogP contribution >= 0.6 is 0 Å².